The van der Waals surface area contributed by atoms with Crippen LogP contribution in [0.5, 0.6) is 0 Å². The van der Waals surface area contributed by atoms with Gasteiger partial charge in [0.1, 0.15) is 0 Å². The lowest BCUT2D eigenvalue weighted by atomic mass is 9.76. The third kappa shape index (κ3) is 3.75. The summed E-state index contributed by atoms with van der Waals surface area (Å²) in [5.74, 6) is -7.92. The molecule has 0 saturated carbocycles. The summed E-state index contributed by atoms with van der Waals surface area (Å²) in [6.45, 7) is 2.56. The SMILES string of the molecule is C=CC(=O)OC1(C(F)(F)F)CC(O)(C(F)(F)F)OC(C(F)(F)F)(C(F)(F)F)C1. The Balaban J connectivity index is 3.93. The number of aliphatic hydroxyl groups is 1. The first-order chi connectivity index (χ1) is 12.1. The minimum atomic E-state index is -6.94. The fourth-order valence-electron chi connectivity index (χ4n) is 2.41. The Hall–Kier alpha value is -1.71. The summed E-state index contributed by atoms with van der Waals surface area (Å²) >= 11 is 0. The number of ether oxygens (including phenoxy) is 2. The molecule has 0 aromatic heterocycles. The number of alkyl halides is 12. The zero-order chi connectivity index (χ0) is 22.6. The Morgan fingerprint density at radius 2 is 1.29 bits per heavy atom. The molecule has 1 saturated heterocycles. The minimum Gasteiger partial charge on any atom is -0.446 e. The Morgan fingerprint density at radius 3 is 1.57 bits per heavy atom. The fourth-order valence-corrected chi connectivity index (χ4v) is 2.41. The van der Waals surface area contributed by atoms with Gasteiger partial charge in [-0.2, -0.15) is 52.7 Å². The van der Waals surface area contributed by atoms with E-state index in [1.807, 2.05) is 0 Å². The second-order valence-electron chi connectivity index (χ2n) is 5.68. The lowest BCUT2D eigenvalue weighted by molar-refractivity contribution is -0.508. The number of carbonyl (C=O) groups excluding carboxylic acids is 1. The summed E-state index contributed by atoms with van der Waals surface area (Å²) in [6, 6.07) is 0. The van der Waals surface area contributed by atoms with Gasteiger partial charge in [0.15, 0.2) is 0 Å². The molecule has 0 aliphatic carbocycles. The molecule has 164 valence electrons. The highest BCUT2D eigenvalue weighted by molar-refractivity contribution is 5.81. The van der Waals surface area contributed by atoms with Crippen LogP contribution in [0.2, 0.25) is 0 Å². The third-order valence-corrected chi connectivity index (χ3v) is 3.74. The first kappa shape index (κ1) is 24.3. The minimum absolute atomic E-state index is 0.140. The summed E-state index contributed by atoms with van der Waals surface area (Å²) < 4.78 is 164. The molecule has 0 amide bonds. The van der Waals surface area contributed by atoms with Crippen molar-refractivity contribution in [2.45, 2.75) is 54.5 Å². The van der Waals surface area contributed by atoms with Gasteiger partial charge in [0.05, 0.1) is 6.42 Å². The molecule has 2 unspecified atom stereocenters. The van der Waals surface area contributed by atoms with Gasteiger partial charge in [-0.1, -0.05) is 6.58 Å². The molecule has 4 nitrogen and oxygen atoms in total. The summed E-state index contributed by atoms with van der Waals surface area (Å²) in [7, 11) is 0. The molecule has 1 aliphatic heterocycles. The first-order valence-electron chi connectivity index (χ1n) is 6.62. The molecule has 0 bridgehead atoms. The van der Waals surface area contributed by atoms with Crippen molar-refractivity contribution in [1.82, 2.24) is 0 Å². The van der Waals surface area contributed by atoms with E-state index in [1.165, 1.54) is 0 Å². The van der Waals surface area contributed by atoms with Crippen LogP contribution in [0.1, 0.15) is 12.8 Å². The van der Waals surface area contributed by atoms with Crippen LogP contribution in [0.25, 0.3) is 0 Å². The fraction of sp³-hybridized carbons (Fsp3) is 0.750. The van der Waals surface area contributed by atoms with E-state index in [2.05, 4.69) is 16.1 Å². The lowest BCUT2D eigenvalue weighted by Gasteiger charge is -2.53. The van der Waals surface area contributed by atoms with Crippen molar-refractivity contribution in [3.8, 4) is 0 Å². The smallest absolute Gasteiger partial charge is 0.443 e. The summed E-state index contributed by atoms with van der Waals surface area (Å²) in [6.07, 6.45) is -33.4. The van der Waals surface area contributed by atoms with Crippen molar-refractivity contribution in [2.24, 2.45) is 0 Å². The van der Waals surface area contributed by atoms with Gasteiger partial charge in [0, 0.05) is 12.5 Å². The molecule has 0 aromatic rings. The molecule has 0 spiro atoms. The van der Waals surface area contributed by atoms with Crippen LogP contribution in [0.3, 0.4) is 0 Å². The highest BCUT2D eigenvalue weighted by atomic mass is 19.4. The molecule has 1 rings (SSSR count). The Labute approximate surface area is 146 Å². The van der Waals surface area contributed by atoms with Gasteiger partial charge in [-0.05, 0) is 0 Å². The quantitative estimate of drug-likeness (QED) is 0.399. The Kier molecular flexibility index (Phi) is 5.56. The number of hydrogen-bond acceptors (Lipinski definition) is 4. The van der Waals surface area contributed by atoms with E-state index in [4.69, 9.17) is 0 Å². The molecule has 1 fully saturated rings. The van der Waals surface area contributed by atoms with Gasteiger partial charge < -0.3 is 14.6 Å². The number of esters is 1. The van der Waals surface area contributed by atoms with Crippen molar-refractivity contribution in [2.75, 3.05) is 0 Å². The number of rotatable bonds is 2. The second-order valence-corrected chi connectivity index (χ2v) is 5.68. The molecule has 0 radical (unpaired) electrons. The topological polar surface area (TPSA) is 55.8 Å². The van der Waals surface area contributed by atoms with E-state index in [1.54, 1.807) is 0 Å². The van der Waals surface area contributed by atoms with Gasteiger partial charge in [-0.15, -0.1) is 0 Å². The van der Waals surface area contributed by atoms with Crippen LogP contribution in [0.4, 0.5) is 52.7 Å². The molecule has 1 N–H and O–H groups in total. The second kappa shape index (κ2) is 6.40. The zero-order valence-corrected chi connectivity index (χ0v) is 12.9. The summed E-state index contributed by atoms with van der Waals surface area (Å²) in [4.78, 5) is 11.1. The molecule has 16 heteroatoms. The van der Waals surface area contributed by atoms with E-state index in [0.717, 1.165) is 0 Å². The van der Waals surface area contributed by atoms with E-state index in [-0.39, 0.29) is 6.08 Å². The number of hydrogen-bond donors (Lipinski definition) is 1. The van der Waals surface area contributed by atoms with E-state index < -0.39 is 60.5 Å². The van der Waals surface area contributed by atoms with Crippen molar-refractivity contribution in [3.63, 3.8) is 0 Å². The van der Waals surface area contributed by atoms with Crippen LogP contribution in [0, 0.1) is 0 Å². The van der Waals surface area contributed by atoms with Gasteiger partial charge in [0.2, 0.25) is 5.60 Å². The predicted octanol–water partition coefficient (Wildman–Crippen LogP) is 3.94. The van der Waals surface area contributed by atoms with Crippen LogP contribution in [-0.4, -0.2) is 52.8 Å². The molecular weight excluding hydrogens is 436 g/mol. The maximum Gasteiger partial charge on any atom is 0.443 e. The summed E-state index contributed by atoms with van der Waals surface area (Å²) in [5, 5.41) is 9.29. The maximum atomic E-state index is 13.4. The van der Waals surface area contributed by atoms with Crippen LogP contribution in [-0.2, 0) is 14.3 Å². The highest BCUT2D eigenvalue weighted by Gasteiger charge is 2.85. The Bertz CT molecular complexity index is 616. The molecule has 1 heterocycles. The van der Waals surface area contributed by atoms with Crippen molar-refractivity contribution in [3.05, 3.63) is 12.7 Å². The van der Waals surface area contributed by atoms with Crippen LogP contribution >= 0.6 is 0 Å². The molecule has 2 atom stereocenters. The van der Waals surface area contributed by atoms with Crippen molar-refractivity contribution in [1.29, 1.82) is 0 Å². The summed E-state index contributed by atoms with van der Waals surface area (Å²) in [5.41, 5.74) is -11.3. The van der Waals surface area contributed by atoms with E-state index >= 15 is 0 Å². The van der Waals surface area contributed by atoms with Gasteiger partial charge in [-0.3, -0.25) is 0 Å². The van der Waals surface area contributed by atoms with Gasteiger partial charge in [-0.25, -0.2) is 4.79 Å². The monoisotopic (exact) mass is 444 g/mol. The highest BCUT2D eigenvalue weighted by Crippen LogP contribution is 2.62. The van der Waals surface area contributed by atoms with E-state index in [0.29, 0.717) is 0 Å². The van der Waals surface area contributed by atoms with Gasteiger partial charge in [0.25, 0.3) is 11.4 Å². The molecule has 1 aliphatic rings. The Morgan fingerprint density at radius 1 is 0.857 bits per heavy atom. The normalized spacial score (nSPS) is 29.3. The molecule has 0 aromatic carbocycles. The largest absolute Gasteiger partial charge is 0.446 e. The van der Waals surface area contributed by atoms with Gasteiger partial charge >= 0.3 is 30.7 Å². The molecular formula is C12H8F12O4. The zero-order valence-electron chi connectivity index (χ0n) is 12.9. The van der Waals surface area contributed by atoms with Crippen molar-refractivity contribution < 1.29 is 72.1 Å². The standard InChI is InChI=1S/C12H8F12O4/c1-2-5(25)27-6(9(13,14)15)3-7(10(16,17)18,11(19,20)21)28-8(26,4-6)12(22,23)24/h2,26H,1,3-4H2. The average molecular weight is 444 g/mol. The maximum absolute atomic E-state index is 13.4. The number of halogens is 12. The molecule has 28 heavy (non-hydrogen) atoms. The predicted molar refractivity (Wildman–Crippen MR) is 61.2 cm³/mol. The van der Waals surface area contributed by atoms with Crippen LogP contribution in [0.15, 0.2) is 12.7 Å². The number of carbonyl (C=O) groups is 1. The first-order valence-corrected chi connectivity index (χ1v) is 6.62. The van der Waals surface area contributed by atoms with Crippen molar-refractivity contribution >= 4 is 5.97 Å². The average Bonchev–Trinajstić information content (AvgIpc) is 2.41. The third-order valence-electron chi connectivity index (χ3n) is 3.74. The van der Waals surface area contributed by atoms with E-state index in [9.17, 15) is 62.6 Å². The lowest BCUT2D eigenvalue weighted by Crippen LogP contribution is -2.75. The van der Waals surface area contributed by atoms with Crippen LogP contribution < -0.4 is 0 Å².